The van der Waals surface area contributed by atoms with Crippen molar-refractivity contribution in [2.24, 2.45) is 5.41 Å². The molecule has 1 N–H and O–H groups in total. The molecule has 1 aliphatic rings. The van der Waals surface area contributed by atoms with Crippen LogP contribution in [0.25, 0.3) is 0 Å². The minimum Gasteiger partial charge on any atom is -0.381 e. The number of hydrogen-bond donors (Lipinski definition) is 1. The van der Waals surface area contributed by atoms with Crippen molar-refractivity contribution in [3.05, 3.63) is 35.4 Å². The van der Waals surface area contributed by atoms with Gasteiger partial charge in [-0.25, -0.2) is 0 Å². The molecule has 1 fully saturated rings. The molecule has 0 amide bonds. The Labute approximate surface area is 111 Å². The molecule has 0 saturated carbocycles. The Morgan fingerprint density at radius 1 is 1.28 bits per heavy atom. The SMILES string of the molecule is Cc1ccc(CC2(CNC(C)C)CCOC2)cc1. The van der Waals surface area contributed by atoms with Crippen LogP contribution >= 0.6 is 0 Å². The van der Waals surface area contributed by atoms with Crippen LogP contribution in [0.3, 0.4) is 0 Å². The number of ether oxygens (including phenoxy) is 1. The third-order valence-electron chi connectivity index (χ3n) is 3.77. The van der Waals surface area contributed by atoms with Crippen molar-refractivity contribution in [3.8, 4) is 0 Å². The van der Waals surface area contributed by atoms with Crippen molar-refractivity contribution in [1.29, 1.82) is 0 Å². The van der Waals surface area contributed by atoms with Gasteiger partial charge in [-0.3, -0.25) is 0 Å². The molecule has 18 heavy (non-hydrogen) atoms. The van der Waals surface area contributed by atoms with Crippen LogP contribution in [-0.2, 0) is 11.2 Å². The molecule has 0 bridgehead atoms. The van der Waals surface area contributed by atoms with Crippen LogP contribution in [0.15, 0.2) is 24.3 Å². The van der Waals surface area contributed by atoms with Crippen molar-refractivity contribution in [1.82, 2.24) is 5.32 Å². The molecule has 0 spiro atoms. The molecule has 0 aliphatic carbocycles. The molecular formula is C16H25NO. The van der Waals surface area contributed by atoms with E-state index < -0.39 is 0 Å². The Bertz CT molecular complexity index is 363. The van der Waals surface area contributed by atoms with Crippen molar-refractivity contribution >= 4 is 0 Å². The zero-order valence-electron chi connectivity index (χ0n) is 11.8. The number of aryl methyl sites for hydroxylation is 1. The van der Waals surface area contributed by atoms with Gasteiger partial charge in [0.2, 0.25) is 0 Å². The average Bonchev–Trinajstić information content (AvgIpc) is 2.79. The molecule has 1 aromatic rings. The average molecular weight is 247 g/mol. The summed E-state index contributed by atoms with van der Waals surface area (Å²) in [6.07, 6.45) is 2.29. The minimum absolute atomic E-state index is 0.291. The second-order valence-corrected chi connectivity index (χ2v) is 6.00. The lowest BCUT2D eigenvalue weighted by molar-refractivity contribution is 0.148. The predicted molar refractivity (Wildman–Crippen MR) is 75.9 cm³/mol. The summed E-state index contributed by atoms with van der Waals surface area (Å²) in [5, 5.41) is 3.58. The van der Waals surface area contributed by atoms with Gasteiger partial charge < -0.3 is 10.1 Å². The van der Waals surface area contributed by atoms with Crippen LogP contribution in [-0.4, -0.2) is 25.8 Å². The zero-order chi connectivity index (χ0) is 13.0. The molecular weight excluding hydrogens is 222 g/mol. The summed E-state index contributed by atoms with van der Waals surface area (Å²) in [6.45, 7) is 9.40. The lowest BCUT2D eigenvalue weighted by Crippen LogP contribution is -2.39. The second-order valence-electron chi connectivity index (χ2n) is 6.00. The summed E-state index contributed by atoms with van der Waals surface area (Å²) in [5.41, 5.74) is 3.05. The topological polar surface area (TPSA) is 21.3 Å². The van der Waals surface area contributed by atoms with Gasteiger partial charge in [0.05, 0.1) is 6.61 Å². The molecule has 1 atom stereocenters. The van der Waals surface area contributed by atoms with E-state index in [4.69, 9.17) is 4.74 Å². The highest BCUT2D eigenvalue weighted by Crippen LogP contribution is 2.32. The molecule has 2 heteroatoms. The highest BCUT2D eigenvalue weighted by molar-refractivity contribution is 5.22. The summed E-state index contributed by atoms with van der Waals surface area (Å²) in [6, 6.07) is 9.46. The molecule has 2 rings (SSSR count). The quantitative estimate of drug-likeness (QED) is 0.864. The second kappa shape index (κ2) is 5.85. The first-order valence-corrected chi connectivity index (χ1v) is 6.96. The Morgan fingerprint density at radius 2 is 2.00 bits per heavy atom. The van der Waals surface area contributed by atoms with Gasteiger partial charge in [0, 0.05) is 24.6 Å². The molecule has 1 aliphatic heterocycles. The maximum atomic E-state index is 5.65. The summed E-state index contributed by atoms with van der Waals surface area (Å²) < 4.78 is 5.65. The minimum atomic E-state index is 0.291. The van der Waals surface area contributed by atoms with Gasteiger partial charge in [0.15, 0.2) is 0 Å². The number of hydrogen-bond acceptors (Lipinski definition) is 2. The Balaban J connectivity index is 2.03. The largest absolute Gasteiger partial charge is 0.381 e. The van der Waals surface area contributed by atoms with Gasteiger partial charge in [-0.05, 0) is 25.3 Å². The lowest BCUT2D eigenvalue weighted by atomic mass is 9.80. The van der Waals surface area contributed by atoms with Crippen LogP contribution in [0.5, 0.6) is 0 Å². The maximum absolute atomic E-state index is 5.65. The number of nitrogens with one attached hydrogen (secondary N) is 1. The molecule has 2 nitrogen and oxygen atoms in total. The van der Waals surface area contributed by atoms with E-state index in [1.54, 1.807) is 0 Å². The van der Waals surface area contributed by atoms with Gasteiger partial charge in [0.1, 0.15) is 0 Å². The maximum Gasteiger partial charge on any atom is 0.0538 e. The van der Waals surface area contributed by atoms with Gasteiger partial charge in [0.25, 0.3) is 0 Å². The van der Waals surface area contributed by atoms with Crippen molar-refractivity contribution in [3.63, 3.8) is 0 Å². The van der Waals surface area contributed by atoms with Gasteiger partial charge in [-0.15, -0.1) is 0 Å². The predicted octanol–water partition coefficient (Wildman–Crippen LogP) is 2.94. The van der Waals surface area contributed by atoms with Crippen molar-refractivity contribution < 1.29 is 4.74 Å². The standard InChI is InChI=1S/C16H25NO/c1-13(2)17-11-16(8-9-18-12-16)10-15-6-4-14(3)5-7-15/h4-7,13,17H,8-12H2,1-3H3. The van der Waals surface area contributed by atoms with E-state index in [9.17, 15) is 0 Å². The fourth-order valence-corrected chi connectivity index (χ4v) is 2.55. The Morgan fingerprint density at radius 3 is 2.56 bits per heavy atom. The molecule has 100 valence electrons. The molecule has 1 unspecified atom stereocenters. The normalized spacial score (nSPS) is 23.8. The molecule has 0 radical (unpaired) electrons. The van der Waals surface area contributed by atoms with E-state index in [1.165, 1.54) is 17.5 Å². The zero-order valence-corrected chi connectivity index (χ0v) is 11.8. The molecule has 1 heterocycles. The molecule has 1 saturated heterocycles. The summed E-state index contributed by atoms with van der Waals surface area (Å²) in [7, 11) is 0. The van der Waals surface area contributed by atoms with Crippen LogP contribution in [0.4, 0.5) is 0 Å². The summed E-state index contributed by atoms with van der Waals surface area (Å²) in [4.78, 5) is 0. The number of rotatable bonds is 5. The van der Waals surface area contributed by atoms with Crippen LogP contribution < -0.4 is 5.32 Å². The van der Waals surface area contributed by atoms with E-state index >= 15 is 0 Å². The van der Waals surface area contributed by atoms with Gasteiger partial charge in [-0.2, -0.15) is 0 Å². The van der Waals surface area contributed by atoms with Crippen LogP contribution in [0, 0.1) is 12.3 Å². The Hall–Kier alpha value is -0.860. The van der Waals surface area contributed by atoms with Crippen molar-refractivity contribution in [2.75, 3.05) is 19.8 Å². The first-order valence-electron chi connectivity index (χ1n) is 6.96. The molecule has 0 aromatic heterocycles. The van der Waals surface area contributed by atoms with E-state index in [1.807, 2.05) is 0 Å². The third-order valence-corrected chi connectivity index (χ3v) is 3.77. The van der Waals surface area contributed by atoms with Gasteiger partial charge in [-0.1, -0.05) is 43.7 Å². The summed E-state index contributed by atoms with van der Waals surface area (Å²) in [5.74, 6) is 0. The first-order chi connectivity index (χ1) is 8.60. The lowest BCUT2D eigenvalue weighted by Gasteiger charge is -2.29. The van der Waals surface area contributed by atoms with E-state index in [2.05, 4.69) is 50.4 Å². The molecule has 1 aromatic carbocycles. The fourth-order valence-electron chi connectivity index (χ4n) is 2.55. The Kier molecular flexibility index (Phi) is 4.41. The van der Waals surface area contributed by atoms with Gasteiger partial charge >= 0.3 is 0 Å². The van der Waals surface area contributed by atoms with Crippen LogP contribution in [0.1, 0.15) is 31.4 Å². The van der Waals surface area contributed by atoms with E-state index in [0.717, 1.165) is 26.2 Å². The smallest absolute Gasteiger partial charge is 0.0538 e. The van der Waals surface area contributed by atoms with E-state index in [0.29, 0.717) is 11.5 Å². The summed E-state index contributed by atoms with van der Waals surface area (Å²) >= 11 is 0. The monoisotopic (exact) mass is 247 g/mol. The number of benzene rings is 1. The van der Waals surface area contributed by atoms with Crippen molar-refractivity contribution in [2.45, 2.75) is 39.7 Å². The van der Waals surface area contributed by atoms with E-state index in [-0.39, 0.29) is 0 Å². The fraction of sp³-hybridized carbons (Fsp3) is 0.625. The first kappa shape index (κ1) is 13.6. The van der Waals surface area contributed by atoms with Crippen LogP contribution in [0.2, 0.25) is 0 Å². The highest BCUT2D eigenvalue weighted by Gasteiger charge is 2.34. The third kappa shape index (κ3) is 3.56. The highest BCUT2D eigenvalue weighted by atomic mass is 16.5.